The number of rotatable bonds is 9. The third-order valence-electron chi connectivity index (χ3n) is 6.85. The molecule has 0 unspecified atom stereocenters. The van der Waals surface area contributed by atoms with Crippen LogP contribution in [0.25, 0.3) is 10.9 Å². The molecule has 0 amide bonds. The smallest absolute Gasteiger partial charge is 0.110 e. The van der Waals surface area contributed by atoms with Crippen molar-refractivity contribution in [2.75, 3.05) is 10.6 Å². The van der Waals surface area contributed by atoms with Crippen LogP contribution in [0.5, 0.6) is 0 Å². The number of fused-ring (bicyclic) bond motifs is 1. The van der Waals surface area contributed by atoms with Gasteiger partial charge in [-0.3, -0.25) is 9.97 Å². The Kier molecular flexibility index (Phi) is 7.88. The second kappa shape index (κ2) is 11.5. The molecule has 10 heteroatoms. The summed E-state index contributed by atoms with van der Waals surface area (Å²) in [4.78, 5) is 8.80. The van der Waals surface area contributed by atoms with Crippen LogP contribution < -0.4 is 10.6 Å². The van der Waals surface area contributed by atoms with Crippen LogP contribution in [0.3, 0.4) is 0 Å². The topological polar surface area (TPSA) is 125 Å². The van der Waals surface area contributed by atoms with E-state index < -0.39 is 11.6 Å². The largest absolute Gasteiger partial charge is 0.388 e. The fraction of sp³-hybridized carbons (Fsp3) is 0.258. The summed E-state index contributed by atoms with van der Waals surface area (Å²) >= 11 is 6.79. The highest BCUT2D eigenvalue weighted by molar-refractivity contribution is 6.35. The van der Waals surface area contributed by atoms with E-state index in [4.69, 9.17) is 11.6 Å². The number of aromatic nitrogens is 5. The van der Waals surface area contributed by atoms with Gasteiger partial charge in [0, 0.05) is 35.7 Å². The number of hydrogen-bond acceptors (Lipinski definition) is 8. The van der Waals surface area contributed by atoms with E-state index in [1.54, 1.807) is 37.0 Å². The number of benzene rings is 2. The van der Waals surface area contributed by atoms with Gasteiger partial charge in [0.1, 0.15) is 11.8 Å². The Hall–Kier alpha value is -4.52. The van der Waals surface area contributed by atoms with Crippen LogP contribution >= 0.6 is 11.6 Å². The average Bonchev–Trinajstić information content (AvgIpc) is 3.45. The van der Waals surface area contributed by atoms with Crippen LogP contribution in [0.1, 0.15) is 68.2 Å². The number of aliphatic hydroxyl groups is 1. The van der Waals surface area contributed by atoms with Gasteiger partial charge < -0.3 is 15.7 Å². The molecule has 3 N–H and O–H groups in total. The molecule has 0 radical (unpaired) electrons. The number of halogens is 1. The molecule has 0 bridgehead atoms. The second-order valence-corrected chi connectivity index (χ2v) is 11.1. The zero-order valence-electron chi connectivity index (χ0n) is 23.2. The number of nitrogens with zero attached hydrogens (tertiary/aromatic N) is 6. The molecule has 0 aliphatic rings. The maximum absolute atomic E-state index is 11.1. The lowest BCUT2D eigenvalue weighted by Gasteiger charge is -2.32. The summed E-state index contributed by atoms with van der Waals surface area (Å²) in [7, 11) is 0. The van der Waals surface area contributed by atoms with E-state index in [0.717, 1.165) is 16.8 Å². The molecule has 0 saturated carbocycles. The summed E-state index contributed by atoms with van der Waals surface area (Å²) < 4.78 is 1.80. The van der Waals surface area contributed by atoms with E-state index in [-0.39, 0.29) is 12.1 Å². The zero-order chi connectivity index (χ0) is 29.1. The fourth-order valence-electron chi connectivity index (χ4n) is 4.76. The molecule has 2 atom stereocenters. The van der Waals surface area contributed by atoms with Crippen LogP contribution in [0.15, 0.2) is 79.4 Å². The van der Waals surface area contributed by atoms with E-state index in [1.165, 1.54) is 6.20 Å². The molecule has 208 valence electrons. The van der Waals surface area contributed by atoms with Gasteiger partial charge in [0.25, 0.3) is 0 Å². The Labute approximate surface area is 243 Å². The van der Waals surface area contributed by atoms with Gasteiger partial charge in [0.2, 0.25) is 0 Å². The first-order chi connectivity index (χ1) is 19.7. The predicted octanol–water partition coefficient (Wildman–Crippen LogP) is 6.45. The summed E-state index contributed by atoms with van der Waals surface area (Å²) in [5.74, 6) is 0. The zero-order valence-corrected chi connectivity index (χ0v) is 24.0. The lowest BCUT2D eigenvalue weighted by molar-refractivity contribution is 0.0589. The Morgan fingerprint density at radius 3 is 2.41 bits per heavy atom. The van der Waals surface area contributed by atoms with Crippen molar-refractivity contribution in [1.82, 2.24) is 25.0 Å². The standard InChI is InChI=1S/C31H31ClN8O/c1-19(2)40-18-26(38-39-40)28(21-11-8-12-34-16-21)36-23-13-24-27(22(15-33)17-35-29(24)25(32)14-23)37-30(31(3,4)41)20-9-6-5-7-10-20/h5-14,16-19,28,30,36,41H,1-4H3,(H,35,37)/t28-,30-/m0/s1. The Morgan fingerprint density at radius 1 is 1.02 bits per heavy atom. The molecular formula is C31H31ClN8O. The molecule has 9 nitrogen and oxygen atoms in total. The minimum atomic E-state index is -1.16. The third-order valence-corrected chi connectivity index (χ3v) is 7.14. The van der Waals surface area contributed by atoms with E-state index in [9.17, 15) is 10.4 Å². The summed E-state index contributed by atoms with van der Waals surface area (Å²) in [5, 5.41) is 37.9. The number of pyridine rings is 2. The molecule has 3 heterocycles. The summed E-state index contributed by atoms with van der Waals surface area (Å²) in [5.41, 5.74) is 3.42. The highest BCUT2D eigenvalue weighted by Gasteiger charge is 2.30. The van der Waals surface area contributed by atoms with Crippen molar-refractivity contribution in [1.29, 1.82) is 5.26 Å². The van der Waals surface area contributed by atoms with Crippen molar-refractivity contribution in [3.05, 3.63) is 107 Å². The fourth-order valence-corrected chi connectivity index (χ4v) is 5.03. The first kappa shape index (κ1) is 28.0. The maximum atomic E-state index is 11.1. The van der Waals surface area contributed by atoms with Gasteiger partial charge in [-0.05, 0) is 57.0 Å². The van der Waals surface area contributed by atoms with Gasteiger partial charge in [-0.1, -0.05) is 53.2 Å². The van der Waals surface area contributed by atoms with Crippen LogP contribution in [0.2, 0.25) is 5.02 Å². The minimum Gasteiger partial charge on any atom is -0.388 e. The molecular weight excluding hydrogens is 536 g/mol. The Bertz CT molecular complexity index is 1690. The monoisotopic (exact) mass is 566 g/mol. The molecule has 0 spiro atoms. The van der Waals surface area contributed by atoms with Crippen molar-refractivity contribution < 1.29 is 5.11 Å². The van der Waals surface area contributed by atoms with Gasteiger partial charge in [0.05, 0.1) is 45.7 Å². The average molecular weight is 567 g/mol. The summed E-state index contributed by atoms with van der Waals surface area (Å²) in [6, 6.07) is 18.7. The summed E-state index contributed by atoms with van der Waals surface area (Å²) in [6.45, 7) is 7.54. The molecule has 0 saturated heterocycles. The number of anilines is 2. The Morgan fingerprint density at radius 2 is 1.78 bits per heavy atom. The number of nitriles is 1. The van der Waals surface area contributed by atoms with Gasteiger partial charge in [0.15, 0.2) is 0 Å². The molecule has 0 fully saturated rings. The van der Waals surface area contributed by atoms with Crippen LogP contribution in [0, 0.1) is 11.3 Å². The van der Waals surface area contributed by atoms with Crippen molar-refractivity contribution in [3.63, 3.8) is 0 Å². The Balaban J connectivity index is 1.62. The normalized spacial score (nSPS) is 13.1. The van der Waals surface area contributed by atoms with Crippen molar-refractivity contribution >= 4 is 33.9 Å². The number of hydrogen-bond donors (Lipinski definition) is 3. The van der Waals surface area contributed by atoms with Gasteiger partial charge in [-0.15, -0.1) is 5.10 Å². The lowest BCUT2D eigenvalue weighted by Crippen LogP contribution is -2.34. The summed E-state index contributed by atoms with van der Waals surface area (Å²) in [6.07, 6.45) is 6.91. The van der Waals surface area contributed by atoms with Crippen molar-refractivity contribution in [2.24, 2.45) is 0 Å². The van der Waals surface area contributed by atoms with E-state index in [0.29, 0.717) is 32.9 Å². The highest BCUT2D eigenvalue weighted by Crippen LogP contribution is 2.38. The van der Waals surface area contributed by atoms with Gasteiger partial charge in [-0.2, -0.15) is 5.26 Å². The molecule has 3 aromatic heterocycles. The van der Waals surface area contributed by atoms with Crippen LogP contribution in [-0.4, -0.2) is 35.7 Å². The number of nitrogens with one attached hydrogen (secondary N) is 2. The minimum absolute atomic E-state index is 0.151. The van der Waals surface area contributed by atoms with Crippen LogP contribution in [-0.2, 0) is 0 Å². The predicted molar refractivity (Wildman–Crippen MR) is 161 cm³/mol. The van der Waals surface area contributed by atoms with Crippen LogP contribution in [0.4, 0.5) is 11.4 Å². The van der Waals surface area contributed by atoms with E-state index in [1.807, 2.05) is 68.6 Å². The quantitative estimate of drug-likeness (QED) is 0.186. The maximum Gasteiger partial charge on any atom is 0.110 e. The van der Waals surface area contributed by atoms with Gasteiger partial charge >= 0.3 is 0 Å². The molecule has 5 rings (SSSR count). The second-order valence-electron chi connectivity index (χ2n) is 10.7. The van der Waals surface area contributed by atoms with Crippen molar-refractivity contribution in [2.45, 2.75) is 51.4 Å². The van der Waals surface area contributed by atoms with Gasteiger partial charge in [-0.25, -0.2) is 4.68 Å². The molecule has 41 heavy (non-hydrogen) atoms. The third kappa shape index (κ3) is 5.99. The molecule has 0 aliphatic carbocycles. The van der Waals surface area contributed by atoms with E-state index >= 15 is 0 Å². The first-order valence-electron chi connectivity index (χ1n) is 13.3. The lowest BCUT2D eigenvalue weighted by atomic mass is 9.91. The van der Waals surface area contributed by atoms with E-state index in [2.05, 4.69) is 37.0 Å². The SMILES string of the molecule is CC(C)n1cc([C@@H](Nc2cc(Cl)c3ncc(C#N)c(N[C@@H](c4ccccc4)C(C)(C)O)c3c2)c2cccnc2)nn1. The first-order valence-corrected chi connectivity index (χ1v) is 13.7. The highest BCUT2D eigenvalue weighted by atomic mass is 35.5. The molecule has 0 aliphatic heterocycles. The molecule has 2 aromatic carbocycles. The molecule has 5 aromatic rings. The van der Waals surface area contributed by atoms with Crippen molar-refractivity contribution in [3.8, 4) is 6.07 Å².